The number of hydrogen-bond acceptors (Lipinski definition) is 1. The Morgan fingerprint density at radius 3 is 1.43 bits per heavy atom. The largest absolute Gasteiger partial charge is 0.456 e. The summed E-state index contributed by atoms with van der Waals surface area (Å²) in [5.41, 5.74) is 12.6. The van der Waals surface area contributed by atoms with E-state index in [1.54, 1.807) is 0 Å². The Morgan fingerprint density at radius 1 is 0.318 bits per heavy atom. The fourth-order valence-corrected chi connectivity index (χ4v) is 6.69. The third-order valence-electron chi connectivity index (χ3n) is 8.79. The Kier molecular flexibility index (Phi) is 5.54. The van der Waals surface area contributed by atoms with E-state index in [9.17, 15) is 0 Å². The molecule has 0 spiro atoms. The molecule has 2 heterocycles. The van der Waals surface area contributed by atoms with Crippen molar-refractivity contribution in [1.29, 1.82) is 0 Å². The van der Waals surface area contributed by atoms with Gasteiger partial charge in [0.25, 0.3) is 0 Å². The molecule has 9 aromatic rings. The molecule has 0 saturated heterocycles. The zero-order valence-corrected chi connectivity index (χ0v) is 23.9. The number of rotatable bonds is 4. The zero-order chi connectivity index (χ0) is 29.0. The van der Waals surface area contributed by atoms with E-state index in [4.69, 9.17) is 4.42 Å². The summed E-state index contributed by atoms with van der Waals surface area (Å²) >= 11 is 0. The van der Waals surface area contributed by atoms with Crippen molar-refractivity contribution in [1.82, 2.24) is 4.57 Å². The highest BCUT2D eigenvalue weighted by atomic mass is 16.3. The molecule has 2 aromatic heterocycles. The highest BCUT2D eigenvalue weighted by molar-refractivity contribution is 6.09. The SMILES string of the molecule is c1cc(-c2cccc(-c3ccc4oc5ccccc5c4c3)c2)cc(-c2cccc(-n3c4ccccc4c4ccccc43)c2)c1. The van der Waals surface area contributed by atoms with Crippen LogP contribution in [0.25, 0.3) is 82.8 Å². The Balaban J connectivity index is 1.11. The molecule has 2 heteroatoms. The van der Waals surface area contributed by atoms with Gasteiger partial charge >= 0.3 is 0 Å². The standard InChI is InChI=1S/C42H27NO/c1-4-19-39-35(16-1)36-17-2-5-20-40(36)43(39)34-15-9-14-32(26-34)30-12-7-10-28(24-30)29-11-8-13-31(25-29)33-22-23-42-38(27-33)37-18-3-6-21-41(37)44-42/h1-27H. The first-order valence-electron chi connectivity index (χ1n) is 15.0. The summed E-state index contributed by atoms with van der Waals surface area (Å²) in [6.45, 7) is 0. The topological polar surface area (TPSA) is 18.1 Å². The second-order valence-electron chi connectivity index (χ2n) is 11.4. The molecule has 0 amide bonds. The summed E-state index contributed by atoms with van der Waals surface area (Å²) in [7, 11) is 0. The van der Waals surface area contributed by atoms with E-state index < -0.39 is 0 Å². The van der Waals surface area contributed by atoms with Crippen LogP contribution in [0.3, 0.4) is 0 Å². The van der Waals surface area contributed by atoms with Gasteiger partial charge in [-0.3, -0.25) is 0 Å². The van der Waals surface area contributed by atoms with Crippen LogP contribution in [0.1, 0.15) is 0 Å². The maximum absolute atomic E-state index is 6.06. The lowest BCUT2D eigenvalue weighted by molar-refractivity contribution is 0.669. The number of para-hydroxylation sites is 3. The summed E-state index contributed by atoms with van der Waals surface area (Å²) < 4.78 is 8.44. The Morgan fingerprint density at radius 2 is 0.795 bits per heavy atom. The summed E-state index contributed by atoms with van der Waals surface area (Å²) in [5, 5.41) is 4.84. The molecule has 7 aromatic carbocycles. The first-order chi connectivity index (χ1) is 21.8. The van der Waals surface area contributed by atoms with Crippen molar-refractivity contribution in [3.05, 3.63) is 164 Å². The molecule has 0 bridgehead atoms. The third-order valence-corrected chi connectivity index (χ3v) is 8.79. The monoisotopic (exact) mass is 561 g/mol. The molecule has 0 radical (unpaired) electrons. The van der Waals surface area contributed by atoms with Crippen LogP contribution in [0.2, 0.25) is 0 Å². The van der Waals surface area contributed by atoms with Crippen molar-refractivity contribution in [2.75, 3.05) is 0 Å². The molecular formula is C42H27NO. The van der Waals surface area contributed by atoms with Crippen molar-refractivity contribution in [2.45, 2.75) is 0 Å². The van der Waals surface area contributed by atoms with Crippen molar-refractivity contribution >= 4 is 43.7 Å². The second kappa shape index (κ2) is 9.86. The minimum atomic E-state index is 0.918. The zero-order valence-electron chi connectivity index (χ0n) is 23.9. The quantitative estimate of drug-likeness (QED) is 0.209. The minimum absolute atomic E-state index is 0.918. The van der Waals surface area contributed by atoms with Gasteiger partial charge in [0.1, 0.15) is 11.2 Å². The highest BCUT2D eigenvalue weighted by Gasteiger charge is 2.13. The van der Waals surface area contributed by atoms with Crippen molar-refractivity contribution in [3.8, 4) is 39.1 Å². The van der Waals surface area contributed by atoms with Crippen LogP contribution >= 0.6 is 0 Å². The first kappa shape index (κ1) is 24.7. The van der Waals surface area contributed by atoms with Gasteiger partial charge in [0.05, 0.1) is 11.0 Å². The predicted molar refractivity (Wildman–Crippen MR) is 184 cm³/mol. The number of benzene rings is 7. The van der Waals surface area contributed by atoms with Crippen molar-refractivity contribution in [2.24, 2.45) is 0 Å². The minimum Gasteiger partial charge on any atom is -0.456 e. The van der Waals surface area contributed by atoms with E-state index in [-0.39, 0.29) is 0 Å². The van der Waals surface area contributed by atoms with Gasteiger partial charge in [0.2, 0.25) is 0 Å². The number of furan rings is 1. The van der Waals surface area contributed by atoms with E-state index >= 15 is 0 Å². The average molecular weight is 562 g/mol. The summed E-state index contributed by atoms with van der Waals surface area (Å²) in [6.07, 6.45) is 0. The van der Waals surface area contributed by atoms with Gasteiger partial charge in [-0.15, -0.1) is 0 Å². The maximum atomic E-state index is 6.06. The lowest BCUT2D eigenvalue weighted by Gasteiger charge is -2.12. The predicted octanol–water partition coefficient (Wildman–Crippen LogP) is 11.7. The Bertz CT molecular complexity index is 2460. The molecule has 0 unspecified atom stereocenters. The molecule has 0 atom stereocenters. The van der Waals surface area contributed by atoms with Crippen LogP contribution in [-0.2, 0) is 0 Å². The van der Waals surface area contributed by atoms with Crippen molar-refractivity contribution < 1.29 is 4.42 Å². The third kappa shape index (κ3) is 3.96. The summed E-state index contributed by atoms with van der Waals surface area (Å²) in [5.74, 6) is 0. The van der Waals surface area contributed by atoms with Gasteiger partial charge in [-0.25, -0.2) is 0 Å². The van der Waals surface area contributed by atoms with Crippen LogP contribution in [-0.4, -0.2) is 4.57 Å². The summed E-state index contributed by atoms with van der Waals surface area (Å²) in [6, 6.07) is 58.6. The van der Waals surface area contributed by atoms with E-state index in [1.807, 2.05) is 12.1 Å². The van der Waals surface area contributed by atoms with Crippen LogP contribution < -0.4 is 0 Å². The molecule has 0 aliphatic heterocycles. The molecule has 2 nitrogen and oxygen atoms in total. The molecule has 0 saturated carbocycles. The van der Waals surface area contributed by atoms with Crippen LogP contribution in [0, 0.1) is 0 Å². The fourth-order valence-electron chi connectivity index (χ4n) is 6.69. The molecule has 206 valence electrons. The van der Waals surface area contributed by atoms with Gasteiger partial charge in [0, 0.05) is 27.2 Å². The van der Waals surface area contributed by atoms with Gasteiger partial charge < -0.3 is 8.98 Å². The van der Waals surface area contributed by atoms with Gasteiger partial charge in [-0.1, -0.05) is 109 Å². The number of aromatic nitrogens is 1. The lowest BCUT2D eigenvalue weighted by Crippen LogP contribution is -1.94. The lowest BCUT2D eigenvalue weighted by atomic mass is 9.95. The van der Waals surface area contributed by atoms with Crippen LogP contribution in [0.4, 0.5) is 0 Å². The van der Waals surface area contributed by atoms with Gasteiger partial charge in [-0.05, 0) is 88.0 Å². The molecule has 0 N–H and O–H groups in total. The molecule has 0 fully saturated rings. The highest BCUT2D eigenvalue weighted by Crippen LogP contribution is 2.36. The maximum Gasteiger partial charge on any atom is 0.135 e. The van der Waals surface area contributed by atoms with Gasteiger partial charge in [0.15, 0.2) is 0 Å². The molecule has 0 aliphatic rings. The van der Waals surface area contributed by atoms with Gasteiger partial charge in [-0.2, -0.15) is 0 Å². The summed E-state index contributed by atoms with van der Waals surface area (Å²) in [4.78, 5) is 0. The number of hydrogen-bond donors (Lipinski definition) is 0. The Hall–Kier alpha value is -5.86. The molecule has 44 heavy (non-hydrogen) atoms. The fraction of sp³-hybridized carbons (Fsp3) is 0. The van der Waals surface area contributed by atoms with Crippen LogP contribution in [0.5, 0.6) is 0 Å². The average Bonchev–Trinajstić information content (AvgIpc) is 3.64. The smallest absolute Gasteiger partial charge is 0.135 e. The number of nitrogens with zero attached hydrogens (tertiary/aromatic N) is 1. The molecule has 0 aliphatic carbocycles. The second-order valence-corrected chi connectivity index (χ2v) is 11.4. The number of fused-ring (bicyclic) bond motifs is 6. The van der Waals surface area contributed by atoms with E-state index in [1.165, 1.54) is 55.2 Å². The molecule has 9 rings (SSSR count). The molecular weight excluding hydrogens is 534 g/mol. The van der Waals surface area contributed by atoms with E-state index in [2.05, 4.69) is 156 Å². The van der Waals surface area contributed by atoms with E-state index in [0.29, 0.717) is 0 Å². The van der Waals surface area contributed by atoms with E-state index in [0.717, 1.165) is 27.6 Å². The normalized spacial score (nSPS) is 11.6. The van der Waals surface area contributed by atoms with Crippen LogP contribution in [0.15, 0.2) is 168 Å². The first-order valence-corrected chi connectivity index (χ1v) is 15.0. The van der Waals surface area contributed by atoms with Crippen molar-refractivity contribution in [3.63, 3.8) is 0 Å². The Labute approximate surface area is 255 Å².